The van der Waals surface area contributed by atoms with Crippen molar-refractivity contribution in [3.63, 3.8) is 0 Å². The largest absolute Gasteiger partial charge is 0.497 e. The smallest absolute Gasteiger partial charge is 0.257 e. The third-order valence-electron chi connectivity index (χ3n) is 5.43. The number of para-hydroxylation sites is 2. The molecule has 8 nitrogen and oxygen atoms in total. The number of fused-ring (bicyclic) bond motifs is 2. The number of anilines is 1. The zero-order valence-corrected chi connectivity index (χ0v) is 18.9. The van der Waals surface area contributed by atoms with Gasteiger partial charge in [0.15, 0.2) is 5.65 Å². The number of rotatable bonds is 9. The van der Waals surface area contributed by atoms with Gasteiger partial charge in [-0.15, -0.1) is 0 Å². The van der Waals surface area contributed by atoms with E-state index in [4.69, 9.17) is 20.4 Å². The minimum atomic E-state index is -0.270. The van der Waals surface area contributed by atoms with Gasteiger partial charge in [0.05, 0.1) is 24.4 Å². The Labute approximate surface area is 192 Å². The summed E-state index contributed by atoms with van der Waals surface area (Å²) in [4.78, 5) is 22.5. The highest BCUT2D eigenvalue weighted by atomic mass is 16.5. The van der Waals surface area contributed by atoms with Crippen molar-refractivity contribution in [1.82, 2.24) is 20.0 Å². The zero-order valence-electron chi connectivity index (χ0n) is 18.9. The van der Waals surface area contributed by atoms with Gasteiger partial charge in [0, 0.05) is 6.54 Å². The molecule has 0 bridgehead atoms. The van der Waals surface area contributed by atoms with Crippen LogP contribution in [0.4, 0.5) is 5.82 Å². The van der Waals surface area contributed by atoms with Crippen molar-refractivity contribution in [2.75, 3.05) is 19.4 Å². The van der Waals surface area contributed by atoms with Crippen LogP contribution in [0.5, 0.6) is 5.75 Å². The summed E-state index contributed by atoms with van der Waals surface area (Å²) in [5.74, 6) is 0.651. The first-order chi connectivity index (χ1) is 16.1. The monoisotopic (exact) mass is 444 g/mol. The van der Waals surface area contributed by atoms with Crippen LogP contribution in [0.3, 0.4) is 0 Å². The fraction of sp³-hybridized carbons (Fsp3) is 0.280. The van der Waals surface area contributed by atoms with Crippen molar-refractivity contribution in [3.8, 4) is 5.75 Å². The lowest BCUT2D eigenvalue weighted by molar-refractivity contribution is 0.0955. The number of amides is 1. The minimum Gasteiger partial charge on any atom is -0.497 e. The van der Waals surface area contributed by atoms with Crippen molar-refractivity contribution in [3.05, 3.63) is 59.7 Å². The average Bonchev–Trinajstić information content (AvgIpc) is 3.11. The molecule has 1 amide bonds. The van der Waals surface area contributed by atoms with Gasteiger partial charge in [-0.1, -0.05) is 50.5 Å². The first kappa shape index (κ1) is 22.3. The number of nitrogens with one attached hydrogen (secondary N) is 1. The van der Waals surface area contributed by atoms with E-state index < -0.39 is 0 Å². The van der Waals surface area contributed by atoms with Gasteiger partial charge in [-0.25, -0.2) is 9.97 Å². The summed E-state index contributed by atoms with van der Waals surface area (Å²) in [6, 6.07) is 15.0. The molecule has 0 aliphatic rings. The summed E-state index contributed by atoms with van der Waals surface area (Å²) >= 11 is 0. The predicted octanol–water partition coefficient (Wildman–Crippen LogP) is 4.37. The van der Waals surface area contributed by atoms with Crippen LogP contribution in [0.15, 0.2) is 53.6 Å². The molecule has 0 atom stereocenters. The first-order valence-corrected chi connectivity index (χ1v) is 11.2. The van der Waals surface area contributed by atoms with E-state index in [0.717, 1.165) is 37.0 Å². The second-order valence-corrected chi connectivity index (χ2v) is 7.79. The van der Waals surface area contributed by atoms with Crippen LogP contribution in [0, 0.1) is 0 Å². The second-order valence-electron chi connectivity index (χ2n) is 7.79. The maximum atomic E-state index is 13.1. The maximum Gasteiger partial charge on any atom is 0.257 e. The Morgan fingerprint density at radius 2 is 1.91 bits per heavy atom. The summed E-state index contributed by atoms with van der Waals surface area (Å²) in [5.41, 5.74) is 9.81. The van der Waals surface area contributed by atoms with Crippen molar-refractivity contribution >= 4 is 40.1 Å². The van der Waals surface area contributed by atoms with E-state index in [1.807, 2.05) is 48.5 Å². The summed E-state index contributed by atoms with van der Waals surface area (Å²) in [5, 5.41) is 7.51. The number of methoxy groups -OCH3 is 1. The number of nitrogen functional groups attached to an aromatic ring is 1. The molecule has 0 aliphatic heterocycles. The molecule has 2 aromatic carbocycles. The average molecular weight is 445 g/mol. The Bertz CT molecular complexity index is 1310. The van der Waals surface area contributed by atoms with E-state index in [-0.39, 0.29) is 11.7 Å². The molecule has 170 valence electrons. The molecule has 4 rings (SSSR count). The number of carbonyl (C=O) groups is 1. The lowest BCUT2D eigenvalue weighted by atomic mass is 10.2. The standard InChI is InChI=1S/C25H28N6O2/c1-3-4-5-8-14-27-25(32)21-22-24(30-20-13-7-6-12-19(20)29-22)31(23(21)26)28-16-17-10-9-11-18(15-17)33-2/h6-7,9-13,15-16H,3-5,8,14,26H2,1-2H3,(H,27,32). The highest BCUT2D eigenvalue weighted by molar-refractivity contribution is 6.10. The Morgan fingerprint density at radius 1 is 1.12 bits per heavy atom. The van der Waals surface area contributed by atoms with Crippen molar-refractivity contribution in [1.29, 1.82) is 0 Å². The fourth-order valence-electron chi connectivity index (χ4n) is 3.68. The van der Waals surface area contributed by atoms with Gasteiger partial charge in [0.25, 0.3) is 5.91 Å². The number of carbonyl (C=O) groups excluding carboxylic acids is 1. The predicted molar refractivity (Wildman–Crippen MR) is 132 cm³/mol. The Hall–Kier alpha value is -3.94. The highest BCUT2D eigenvalue weighted by Crippen LogP contribution is 2.28. The maximum absolute atomic E-state index is 13.1. The molecule has 0 saturated heterocycles. The normalized spacial score (nSPS) is 11.5. The number of nitrogens with two attached hydrogens (primary N) is 1. The number of aromatic nitrogens is 3. The van der Waals surface area contributed by atoms with Gasteiger partial charge in [0.1, 0.15) is 22.6 Å². The van der Waals surface area contributed by atoms with Gasteiger partial charge in [-0.05, 0) is 36.2 Å². The van der Waals surface area contributed by atoms with Crippen molar-refractivity contribution in [2.24, 2.45) is 5.10 Å². The Kier molecular flexibility index (Phi) is 6.83. The summed E-state index contributed by atoms with van der Waals surface area (Å²) < 4.78 is 6.75. The molecule has 0 radical (unpaired) electrons. The van der Waals surface area contributed by atoms with Gasteiger partial charge in [-0.2, -0.15) is 9.78 Å². The van der Waals surface area contributed by atoms with Crippen LogP contribution in [-0.4, -0.2) is 40.4 Å². The highest BCUT2D eigenvalue weighted by Gasteiger charge is 2.23. The molecule has 2 aromatic heterocycles. The number of unbranched alkanes of at least 4 members (excludes halogenated alkanes) is 3. The molecule has 0 fully saturated rings. The van der Waals surface area contributed by atoms with Crippen molar-refractivity contribution in [2.45, 2.75) is 32.6 Å². The lowest BCUT2D eigenvalue weighted by Gasteiger charge is -2.05. The molecule has 0 unspecified atom stereocenters. The topological polar surface area (TPSA) is 107 Å². The van der Waals surface area contributed by atoms with Crippen LogP contribution in [0.1, 0.15) is 48.5 Å². The number of benzene rings is 2. The molecule has 4 aromatic rings. The molecule has 0 aliphatic carbocycles. The second kappa shape index (κ2) is 10.1. The van der Waals surface area contributed by atoms with Crippen LogP contribution in [0.25, 0.3) is 22.2 Å². The van der Waals surface area contributed by atoms with Crippen molar-refractivity contribution < 1.29 is 9.53 Å². The number of ether oxygens (including phenoxy) is 1. The molecular formula is C25H28N6O2. The van der Waals surface area contributed by atoms with E-state index in [1.165, 1.54) is 4.68 Å². The SMILES string of the molecule is CCCCCCNC(=O)c1c(N)n(N=Cc2cccc(OC)c2)c2nc3ccccc3nc12. The number of hydrogen-bond acceptors (Lipinski definition) is 6. The van der Waals surface area contributed by atoms with E-state index in [1.54, 1.807) is 13.3 Å². The van der Waals surface area contributed by atoms with Gasteiger partial charge >= 0.3 is 0 Å². The zero-order chi connectivity index (χ0) is 23.2. The third kappa shape index (κ3) is 4.79. The summed E-state index contributed by atoms with van der Waals surface area (Å²) in [7, 11) is 1.61. The molecule has 3 N–H and O–H groups in total. The minimum absolute atomic E-state index is 0.200. The molecule has 8 heteroatoms. The van der Waals surface area contributed by atoms with Crippen LogP contribution in [-0.2, 0) is 0 Å². The van der Waals surface area contributed by atoms with Gasteiger partial charge in [0.2, 0.25) is 0 Å². The summed E-state index contributed by atoms with van der Waals surface area (Å²) in [6.07, 6.45) is 5.93. The summed E-state index contributed by atoms with van der Waals surface area (Å²) in [6.45, 7) is 2.74. The molecule has 33 heavy (non-hydrogen) atoms. The van der Waals surface area contributed by atoms with E-state index in [2.05, 4.69) is 17.3 Å². The van der Waals surface area contributed by atoms with Crippen LogP contribution in [0.2, 0.25) is 0 Å². The Balaban J connectivity index is 1.75. The first-order valence-electron chi connectivity index (χ1n) is 11.2. The third-order valence-corrected chi connectivity index (χ3v) is 5.43. The number of hydrogen-bond donors (Lipinski definition) is 2. The fourth-order valence-corrected chi connectivity index (χ4v) is 3.68. The van der Waals surface area contributed by atoms with Gasteiger partial charge < -0.3 is 15.8 Å². The van der Waals surface area contributed by atoms with E-state index in [9.17, 15) is 4.79 Å². The van der Waals surface area contributed by atoms with E-state index >= 15 is 0 Å². The Morgan fingerprint density at radius 3 is 2.67 bits per heavy atom. The molecular weight excluding hydrogens is 416 g/mol. The lowest BCUT2D eigenvalue weighted by Crippen LogP contribution is -2.25. The molecule has 0 saturated carbocycles. The van der Waals surface area contributed by atoms with Gasteiger partial charge in [-0.3, -0.25) is 4.79 Å². The van der Waals surface area contributed by atoms with Crippen LogP contribution >= 0.6 is 0 Å². The molecule has 0 spiro atoms. The van der Waals surface area contributed by atoms with Crippen LogP contribution < -0.4 is 15.8 Å². The quantitative estimate of drug-likeness (QED) is 0.294. The molecule has 2 heterocycles. The van der Waals surface area contributed by atoms with E-state index in [0.29, 0.717) is 34.3 Å². The number of nitrogens with zero attached hydrogens (tertiary/aromatic N) is 4.